The summed E-state index contributed by atoms with van der Waals surface area (Å²) in [5.41, 5.74) is 1.37. The number of benzene rings is 2. The fraction of sp³-hybridized carbons (Fsp3) is 0.350. The molecule has 1 amide bonds. The first-order valence-electron chi connectivity index (χ1n) is 8.46. The van der Waals surface area contributed by atoms with Crippen molar-refractivity contribution in [2.75, 3.05) is 26.4 Å². The molecule has 0 saturated heterocycles. The van der Waals surface area contributed by atoms with E-state index in [2.05, 4.69) is 33.4 Å². The van der Waals surface area contributed by atoms with Crippen molar-refractivity contribution in [1.29, 1.82) is 0 Å². The third kappa shape index (κ3) is 5.31. The number of halogens is 1. The Morgan fingerprint density at radius 2 is 1.88 bits per heavy atom. The highest BCUT2D eigenvalue weighted by atomic mass is 79.9. The summed E-state index contributed by atoms with van der Waals surface area (Å²) < 4.78 is 12.0. The summed E-state index contributed by atoms with van der Waals surface area (Å²) in [4.78, 5) is 12.0. The number of hydrogen-bond donors (Lipinski definition) is 1. The molecule has 0 aromatic heterocycles. The van der Waals surface area contributed by atoms with Gasteiger partial charge in [-0.25, -0.2) is 0 Å². The van der Waals surface area contributed by atoms with Gasteiger partial charge in [0, 0.05) is 16.4 Å². The van der Waals surface area contributed by atoms with Crippen LogP contribution in [0, 0.1) is 0 Å². The number of hydrogen-bond acceptors (Lipinski definition) is 3. The van der Waals surface area contributed by atoms with Crippen LogP contribution in [0.15, 0.2) is 59.1 Å². The van der Waals surface area contributed by atoms with Gasteiger partial charge in [-0.2, -0.15) is 0 Å². The predicted octanol–water partition coefficient (Wildman–Crippen LogP) is 3.69. The molecule has 0 radical (unpaired) electrons. The summed E-state index contributed by atoms with van der Waals surface area (Å²) in [6.07, 6.45) is 2.21. The molecular weight excluding hydrogens is 382 g/mol. The molecule has 4 nitrogen and oxygen atoms in total. The van der Waals surface area contributed by atoms with Crippen LogP contribution in [0.5, 0.6) is 5.75 Å². The number of para-hydroxylation sites is 1. The van der Waals surface area contributed by atoms with E-state index in [0.717, 1.165) is 23.1 Å². The minimum atomic E-state index is -0.0824. The smallest absolute Gasteiger partial charge is 0.246 e. The van der Waals surface area contributed by atoms with Gasteiger partial charge in [-0.3, -0.25) is 4.79 Å². The van der Waals surface area contributed by atoms with Crippen molar-refractivity contribution in [3.8, 4) is 5.75 Å². The van der Waals surface area contributed by atoms with Gasteiger partial charge in [0.05, 0.1) is 6.61 Å². The van der Waals surface area contributed by atoms with E-state index in [0.29, 0.717) is 19.8 Å². The molecular formula is C20H22BrNO3. The Balaban J connectivity index is 1.33. The van der Waals surface area contributed by atoms with Crippen LogP contribution >= 0.6 is 15.9 Å². The highest BCUT2D eigenvalue weighted by molar-refractivity contribution is 9.10. The fourth-order valence-electron chi connectivity index (χ4n) is 2.76. The van der Waals surface area contributed by atoms with Crippen molar-refractivity contribution in [3.05, 3.63) is 64.6 Å². The Morgan fingerprint density at radius 1 is 1.08 bits per heavy atom. The first-order valence-corrected chi connectivity index (χ1v) is 9.26. The topological polar surface area (TPSA) is 47.6 Å². The molecule has 2 aromatic carbocycles. The number of carbonyl (C=O) groups excluding carboxylic acids is 1. The maximum absolute atomic E-state index is 12.0. The molecule has 1 aliphatic carbocycles. The van der Waals surface area contributed by atoms with Gasteiger partial charge in [0.1, 0.15) is 19.0 Å². The summed E-state index contributed by atoms with van der Waals surface area (Å²) in [6, 6.07) is 17.9. The van der Waals surface area contributed by atoms with E-state index < -0.39 is 0 Å². The average Bonchev–Trinajstić information content (AvgIpc) is 3.42. The van der Waals surface area contributed by atoms with Crippen molar-refractivity contribution >= 4 is 21.8 Å². The van der Waals surface area contributed by atoms with Crippen molar-refractivity contribution in [1.82, 2.24) is 5.32 Å². The van der Waals surface area contributed by atoms with Gasteiger partial charge in [-0.05, 0) is 42.7 Å². The number of ether oxygens (including phenoxy) is 2. The molecule has 2 aromatic rings. The summed E-state index contributed by atoms with van der Waals surface area (Å²) in [5.74, 6) is 0.723. The summed E-state index contributed by atoms with van der Waals surface area (Å²) in [7, 11) is 0. The minimum Gasteiger partial charge on any atom is -0.491 e. The third-order valence-electron chi connectivity index (χ3n) is 4.39. The quantitative estimate of drug-likeness (QED) is 0.649. The van der Waals surface area contributed by atoms with Crippen LogP contribution < -0.4 is 10.1 Å². The van der Waals surface area contributed by atoms with E-state index in [1.165, 1.54) is 5.56 Å². The largest absolute Gasteiger partial charge is 0.491 e. The van der Waals surface area contributed by atoms with Gasteiger partial charge in [-0.15, -0.1) is 0 Å². The Hall–Kier alpha value is -1.85. The highest BCUT2D eigenvalue weighted by Crippen LogP contribution is 2.48. The Morgan fingerprint density at radius 3 is 2.60 bits per heavy atom. The summed E-state index contributed by atoms with van der Waals surface area (Å²) in [5, 5.41) is 2.99. The van der Waals surface area contributed by atoms with Crippen LogP contribution in [0.25, 0.3) is 0 Å². The second kappa shape index (κ2) is 8.50. The molecule has 1 aliphatic rings. The van der Waals surface area contributed by atoms with Crippen molar-refractivity contribution in [3.63, 3.8) is 0 Å². The maximum Gasteiger partial charge on any atom is 0.246 e. The van der Waals surface area contributed by atoms with Crippen LogP contribution in [0.4, 0.5) is 0 Å². The number of rotatable bonds is 9. The predicted molar refractivity (Wildman–Crippen MR) is 101 cm³/mol. The van der Waals surface area contributed by atoms with Crippen molar-refractivity contribution in [2.45, 2.75) is 18.3 Å². The summed E-state index contributed by atoms with van der Waals surface area (Å²) >= 11 is 3.51. The average molecular weight is 404 g/mol. The van der Waals surface area contributed by atoms with Crippen LogP contribution in [-0.2, 0) is 14.9 Å². The molecule has 1 N–H and O–H groups in total. The Labute approximate surface area is 156 Å². The molecule has 0 atom stereocenters. The SMILES string of the molecule is O=C(COCCOc1ccccc1)NCC1(c2cccc(Br)c2)CC1. The van der Waals surface area contributed by atoms with Gasteiger partial charge in [0.25, 0.3) is 0 Å². The van der Waals surface area contributed by atoms with Gasteiger partial charge in [-0.1, -0.05) is 46.3 Å². The first-order chi connectivity index (χ1) is 12.2. The van der Waals surface area contributed by atoms with Crippen LogP contribution in [0.3, 0.4) is 0 Å². The van der Waals surface area contributed by atoms with Crippen molar-refractivity contribution in [2.24, 2.45) is 0 Å². The molecule has 0 bridgehead atoms. The lowest BCUT2D eigenvalue weighted by atomic mass is 9.96. The maximum atomic E-state index is 12.0. The fourth-order valence-corrected chi connectivity index (χ4v) is 3.15. The van der Waals surface area contributed by atoms with Crippen LogP contribution in [0.2, 0.25) is 0 Å². The molecule has 0 heterocycles. The monoisotopic (exact) mass is 403 g/mol. The van der Waals surface area contributed by atoms with Crippen LogP contribution in [0.1, 0.15) is 18.4 Å². The van der Waals surface area contributed by atoms with Gasteiger partial charge in [0.2, 0.25) is 5.91 Å². The van der Waals surface area contributed by atoms with Gasteiger partial charge in [0.15, 0.2) is 0 Å². The molecule has 0 unspecified atom stereocenters. The highest BCUT2D eigenvalue weighted by Gasteiger charge is 2.44. The minimum absolute atomic E-state index is 0.0622. The zero-order chi connectivity index (χ0) is 17.5. The van der Waals surface area contributed by atoms with Gasteiger partial charge >= 0.3 is 0 Å². The number of nitrogens with one attached hydrogen (secondary N) is 1. The lowest BCUT2D eigenvalue weighted by molar-refractivity contribution is -0.126. The zero-order valence-electron chi connectivity index (χ0n) is 14.0. The molecule has 1 saturated carbocycles. The molecule has 0 spiro atoms. The Bertz CT molecular complexity index is 701. The van der Waals surface area contributed by atoms with E-state index in [4.69, 9.17) is 9.47 Å². The molecule has 25 heavy (non-hydrogen) atoms. The van der Waals surface area contributed by atoms with Gasteiger partial charge < -0.3 is 14.8 Å². The molecule has 132 valence electrons. The standard InChI is InChI=1S/C20H22BrNO3/c21-17-6-4-5-16(13-17)20(9-10-20)15-22-19(23)14-24-11-12-25-18-7-2-1-3-8-18/h1-8,13H,9-12,14-15H2,(H,22,23). The van der Waals surface area contributed by atoms with E-state index in [-0.39, 0.29) is 17.9 Å². The third-order valence-corrected chi connectivity index (χ3v) is 4.88. The molecule has 5 heteroatoms. The molecule has 1 fully saturated rings. The van der Waals surface area contributed by atoms with E-state index in [1.54, 1.807) is 0 Å². The lowest BCUT2D eigenvalue weighted by Crippen LogP contribution is -2.35. The van der Waals surface area contributed by atoms with E-state index >= 15 is 0 Å². The lowest BCUT2D eigenvalue weighted by Gasteiger charge is -2.17. The number of amides is 1. The second-order valence-electron chi connectivity index (χ2n) is 6.28. The van der Waals surface area contributed by atoms with Crippen molar-refractivity contribution < 1.29 is 14.3 Å². The molecule has 0 aliphatic heterocycles. The number of carbonyl (C=O) groups is 1. The zero-order valence-corrected chi connectivity index (χ0v) is 15.6. The first kappa shape index (κ1) is 18.0. The molecule has 3 rings (SSSR count). The van der Waals surface area contributed by atoms with E-state index in [1.807, 2.05) is 42.5 Å². The Kier molecular flexibility index (Phi) is 6.10. The normalized spacial score (nSPS) is 14.8. The van der Waals surface area contributed by atoms with E-state index in [9.17, 15) is 4.79 Å². The van der Waals surface area contributed by atoms with Crippen LogP contribution in [-0.4, -0.2) is 32.3 Å². The second-order valence-corrected chi connectivity index (χ2v) is 7.20. The summed E-state index contributed by atoms with van der Waals surface area (Å²) in [6.45, 7) is 1.54.